The minimum Gasteiger partial charge on any atom is -0.494 e. The largest absolute Gasteiger partial charge is 0.494 e. The number of hydrogen-bond acceptors (Lipinski definition) is 4. The molecule has 0 heterocycles. The van der Waals surface area contributed by atoms with Gasteiger partial charge in [0.15, 0.2) is 9.84 Å². The third-order valence-corrected chi connectivity index (χ3v) is 4.30. The summed E-state index contributed by atoms with van der Waals surface area (Å²) >= 11 is 0. The molecule has 1 N–H and O–H groups in total. The number of hydrogen-bond donors (Lipinski definition) is 1. The van der Waals surface area contributed by atoms with Crippen molar-refractivity contribution in [2.24, 2.45) is 0 Å². The number of benzene rings is 1. The number of ether oxygens (including phenoxy) is 1. The molecule has 0 saturated heterocycles. The van der Waals surface area contributed by atoms with Crippen LogP contribution in [0.4, 0.5) is 0 Å². The smallest absolute Gasteiger partial charge is 0.151 e. The van der Waals surface area contributed by atoms with E-state index >= 15 is 0 Å². The molecule has 0 fully saturated rings. The lowest BCUT2D eigenvalue weighted by Crippen LogP contribution is -2.23. The highest BCUT2D eigenvalue weighted by Crippen LogP contribution is 2.11. The Kier molecular flexibility index (Phi) is 6.15. The molecule has 5 heteroatoms. The molecule has 0 atom stereocenters. The van der Waals surface area contributed by atoms with Crippen LogP contribution < -0.4 is 10.1 Å². The summed E-state index contributed by atoms with van der Waals surface area (Å²) in [4.78, 5) is 0. The van der Waals surface area contributed by atoms with E-state index in [1.165, 1.54) is 0 Å². The zero-order valence-electron chi connectivity index (χ0n) is 11.0. The molecule has 0 radical (unpaired) electrons. The lowest BCUT2D eigenvalue weighted by molar-refractivity contribution is 0.340. The van der Waals surface area contributed by atoms with Crippen molar-refractivity contribution in [2.45, 2.75) is 20.4 Å². The average Bonchev–Trinajstić information content (AvgIpc) is 2.37. The maximum atomic E-state index is 11.3. The number of sulfone groups is 1. The van der Waals surface area contributed by atoms with Crippen molar-refractivity contribution in [3.63, 3.8) is 0 Å². The Morgan fingerprint density at radius 3 is 2.39 bits per heavy atom. The van der Waals surface area contributed by atoms with E-state index in [-0.39, 0.29) is 11.5 Å². The molecule has 0 aliphatic rings. The fourth-order valence-electron chi connectivity index (χ4n) is 1.47. The summed E-state index contributed by atoms with van der Waals surface area (Å²) in [5.41, 5.74) is 1.12. The van der Waals surface area contributed by atoms with Crippen LogP contribution in [0.1, 0.15) is 19.4 Å². The molecular formula is C13H21NO3S. The lowest BCUT2D eigenvalue weighted by atomic mass is 10.2. The minimum absolute atomic E-state index is 0.195. The summed E-state index contributed by atoms with van der Waals surface area (Å²) in [5.74, 6) is 1.26. The van der Waals surface area contributed by atoms with Crippen LogP contribution in [-0.4, -0.2) is 33.1 Å². The van der Waals surface area contributed by atoms with Crippen LogP contribution in [0.15, 0.2) is 24.3 Å². The standard InChI is InChI=1S/C13H21NO3S/c1-3-17-13-7-5-12(6-8-13)11-14-9-10-18(15,16)4-2/h5-8,14H,3-4,9-11H2,1-2H3. The Balaban J connectivity index is 2.31. The van der Waals surface area contributed by atoms with Crippen molar-refractivity contribution in [3.8, 4) is 5.75 Å². The van der Waals surface area contributed by atoms with Crippen LogP contribution in [0.2, 0.25) is 0 Å². The van der Waals surface area contributed by atoms with Gasteiger partial charge in [0.05, 0.1) is 12.4 Å². The first-order valence-corrected chi connectivity index (χ1v) is 8.02. The van der Waals surface area contributed by atoms with E-state index in [1.54, 1.807) is 6.92 Å². The molecule has 4 nitrogen and oxygen atoms in total. The molecule has 18 heavy (non-hydrogen) atoms. The van der Waals surface area contributed by atoms with E-state index in [0.717, 1.165) is 11.3 Å². The summed E-state index contributed by atoms with van der Waals surface area (Å²) in [5, 5.41) is 3.12. The molecule has 0 amide bonds. The fraction of sp³-hybridized carbons (Fsp3) is 0.538. The first-order chi connectivity index (χ1) is 8.57. The van der Waals surface area contributed by atoms with Crippen molar-refractivity contribution in [3.05, 3.63) is 29.8 Å². The van der Waals surface area contributed by atoms with Crippen molar-refractivity contribution in [1.82, 2.24) is 5.32 Å². The van der Waals surface area contributed by atoms with E-state index < -0.39 is 9.84 Å². The molecule has 0 bridgehead atoms. The molecule has 0 unspecified atom stereocenters. The second kappa shape index (κ2) is 7.38. The van der Waals surface area contributed by atoms with Gasteiger partial charge in [0.2, 0.25) is 0 Å². The molecule has 0 aromatic heterocycles. The Morgan fingerprint density at radius 1 is 1.17 bits per heavy atom. The summed E-state index contributed by atoms with van der Waals surface area (Å²) in [6, 6.07) is 7.80. The van der Waals surface area contributed by atoms with Gasteiger partial charge < -0.3 is 10.1 Å². The van der Waals surface area contributed by atoms with Crippen LogP contribution in [0.3, 0.4) is 0 Å². The highest BCUT2D eigenvalue weighted by Gasteiger charge is 2.05. The van der Waals surface area contributed by atoms with Crippen LogP contribution in [0.5, 0.6) is 5.75 Å². The predicted octanol–water partition coefficient (Wildman–Crippen LogP) is 1.61. The molecular weight excluding hydrogens is 250 g/mol. The first kappa shape index (κ1) is 15.0. The SMILES string of the molecule is CCOc1ccc(CNCCS(=O)(=O)CC)cc1. The van der Waals surface area contributed by atoms with E-state index in [9.17, 15) is 8.42 Å². The van der Waals surface area contributed by atoms with Crippen LogP contribution >= 0.6 is 0 Å². The van der Waals surface area contributed by atoms with Crippen molar-refractivity contribution >= 4 is 9.84 Å². The van der Waals surface area contributed by atoms with Crippen LogP contribution in [0, 0.1) is 0 Å². The third kappa shape index (κ3) is 5.51. The van der Waals surface area contributed by atoms with Gasteiger partial charge in [0.25, 0.3) is 0 Å². The first-order valence-electron chi connectivity index (χ1n) is 6.20. The maximum absolute atomic E-state index is 11.3. The molecule has 0 aliphatic heterocycles. The molecule has 0 saturated carbocycles. The van der Waals surface area contributed by atoms with Gasteiger partial charge in [-0.05, 0) is 24.6 Å². The summed E-state index contributed by atoms with van der Waals surface area (Å²) in [6.45, 7) is 5.44. The van der Waals surface area contributed by atoms with Gasteiger partial charge in [0, 0.05) is 18.8 Å². The summed E-state index contributed by atoms with van der Waals surface area (Å²) in [6.07, 6.45) is 0. The number of nitrogens with one attached hydrogen (secondary N) is 1. The monoisotopic (exact) mass is 271 g/mol. The van der Waals surface area contributed by atoms with Gasteiger partial charge in [-0.15, -0.1) is 0 Å². The zero-order chi connectivity index (χ0) is 13.4. The second-order valence-corrected chi connectivity index (χ2v) is 6.46. The van der Waals surface area contributed by atoms with E-state index in [2.05, 4.69) is 5.32 Å². The van der Waals surface area contributed by atoms with Gasteiger partial charge in [-0.2, -0.15) is 0 Å². The predicted molar refractivity (Wildman–Crippen MR) is 73.6 cm³/mol. The molecule has 1 rings (SSSR count). The van der Waals surface area contributed by atoms with E-state index in [4.69, 9.17) is 4.74 Å². The maximum Gasteiger partial charge on any atom is 0.151 e. The van der Waals surface area contributed by atoms with E-state index in [0.29, 0.717) is 19.7 Å². The lowest BCUT2D eigenvalue weighted by Gasteiger charge is -2.06. The Bertz CT molecular complexity index is 440. The molecule has 0 spiro atoms. The molecule has 0 aliphatic carbocycles. The zero-order valence-corrected chi connectivity index (χ0v) is 11.8. The normalized spacial score (nSPS) is 11.4. The van der Waals surface area contributed by atoms with Crippen molar-refractivity contribution in [2.75, 3.05) is 24.7 Å². The van der Waals surface area contributed by atoms with Crippen LogP contribution in [0.25, 0.3) is 0 Å². The average molecular weight is 271 g/mol. The highest BCUT2D eigenvalue weighted by molar-refractivity contribution is 7.91. The summed E-state index contributed by atoms with van der Waals surface area (Å²) < 4.78 is 27.9. The van der Waals surface area contributed by atoms with Gasteiger partial charge in [-0.25, -0.2) is 8.42 Å². The Hall–Kier alpha value is -1.07. The van der Waals surface area contributed by atoms with Gasteiger partial charge in [-0.1, -0.05) is 19.1 Å². The van der Waals surface area contributed by atoms with Gasteiger partial charge in [-0.3, -0.25) is 0 Å². The Morgan fingerprint density at radius 2 is 1.83 bits per heavy atom. The molecule has 102 valence electrons. The van der Waals surface area contributed by atoms with Crippen LogP contribution in [-0.2, 0) is 16.4 Å². The van der Waals surface area contributed by atoms with E-state index in [1.807, 2.05) is 31.2 Å². The van der Waals surface area contributed by atoms with Gasteiger partial charge >= 0.3 is 0 Å². The number of rotatable bonds is 8. The fourth-order valence-corrected chi connectivity index (χ4v) is 2.22. The molecule has 1 aromatic rings. The second-order valence-electron chi connectivity index (χ2n) is 3.99. The topological polar surface area (TPSA) is 55.4 Å². The minimum atomic E-state index is -2.87. The Labute approximate surface area is 109 Å². The van der Waals surface area contributed by atoms with Gasteiger partial charge in [0.1, 0.15) is 5.75 Å². The molecule has 1 aromatic carbocycles. The van der Waals surface area contributed by atoms with Crippen molar-refractivity contribution in [1.29, 1.82) is 0 Å². The quantitative estimate of drug-likeness (QED) is 0.730. The highest BCUT2D eigenvalue weighted by atomic mass is 32.2. The van der Waals surface area contributed by atoms with Crippen molar-refractivity contribution < 1.29 is 13.2 Å². The third-order valence-electron chi connectivity index (χ3n) is 2.59. The summed E-state index contributed by atoms with van der Waals surface area (Å²) in [7, 11) is -2.87.